The first-order valence-electron chi connectivity index (χ1n) is 10.6. The molecule has 0 aliphatic rings. The second kappa shape index (κ2) is 9.36. The minimum atomic E-state index is -0.331. The van der Waals surface area contributed by atoms with Gasteiger partial charge >= 0.3 is 0 Å². The summed E-state index contributed by atoms with van der Waals surface area (Å²) in [6, 6.07) is 22.7. The van der Waals surface area contributed by atoms with E-state index in [1.54, 1.807) is 40.6 Å². The fourth-order valence-electron chi connectivity index (χ4n) is 3.65. The highest BCUT2D eigenvalue weighted by atomic mass is 32.1. The third kappa shape index (κ3) is 4.62. The minimum absolute atomic E-state index is 0.108. The smallest absolute Gasteiger partial charge is 0.274 e. The Bertz CT molecular complexity index is 1510. The van der Waals surface area contributed by atoms with Gasteiger partial charge in [0, 0.05) is 17.5 Å². The van der Waals surface area contributed by atoms with Crippen molar-refractivity contribution in [3.05, 3.63) is 117 Å². The van der Waals surface area contributed by atoms with E-state index >= 15 is 0 Å². The number of nitrogens with zero attached hydrogens (tertiary/aromatic N) is 3. The summed E-state index contributed by atoms with van der Waals surface area (Å²) < 4.78 is 13.3. The maximum atomic E-state index is 13.5. The molecule has 0 saturated heterocycles. The van der Waals surface area contributed by atoms with Crippen molar-refractivity contribution >= 4 is 28.1 Å². The molecule has 2 heterocycles. The SMILES string of the molecule is O=C(c1csc(-c2ccc(F)cc2)n1)N(Cc1ccccc1)Cc1nc2ccccc2c(=O)[nH]1. The average Bonchev–Trinajstić information content (AvgIpc) is 3.35. The summed E-state index contributed by atoms with van der Waals surface area (Å²) >= 11 is 1.32. The summed E-state index contributed by atoms with van der Waals surface area (Å²) in [6.45, 7) is 0.427. The number of fused-ring (bicyclic) bond motifs is 1. The van der Waals surface area contributed by atoms with Gasteiger partial charge in [0.05, 0.1) is 17.4 Å². The average molecular weight is 471 g/mol. The van der Waals surface area contributed by atoms with E-state index in [4.69, 9.17) is 0 Å². The molecule has 1 N–H and O–H groups in total. The van der Waals surface area contributed by atoms with Gasteiger partial charge in [0.15, 0.2) is 0 Å². The van der Waals surface area contributed by atoms with E-state index < -0.39 is 0 Å². The van der Waals surface area contributed by atoms with Crippen LogP contribution < -0.4 is 5.56 Å². The van der Waals surface area contributed by atoms with Gasteiger partial charge in [0.25, 0.3) is 11.5 Å². The van der Waals surface area contributed by atoms with E-state index in [2.05, 4.69) is 15.0 Å². The number of benzene rings is 3. The third-order valence-electron chi connectivity index (χ3n) is 5.32. The normalized spacial score (nSPS) is 11.0. The molecule has 0 aliphatic carbocycles. The molecule has 1 amide bonds. The lowest BCUT2D eigenvalue weighted by molar-refractivity contribution is 0.0720. The number of nitrogens with one attached hydrogen (secondary N) is 1. The van der Waals surface area contributed by atoms with Crippen molar-refractivity contribution in [2.24, 2.45) is 0 Å². The number of aromatic nitrogens is 3. The number of thiazole rings is 1. The first-order valence-corrected chi connectivity index (χ1v) is 11.5. The Morgan fingerprint density at radius 3 is 2.44 bits per heavy atom. The summed E-state index contributed by atoms with van der Waals surface area (Å²) in [4.78, 5) is 39.5. The van der Waals surface area contributed by atoms with Crippen LogP contribution >= 0.6 is 11.3 Å². The van der Waals surface area contributed by atoms with Crippen molar-refractivity contribution < 1.29 is 9.18 Å². The van der Waals surface area contributed by atoms with Crippen LogP contribution in [0.25, 0.3) is 21.5 Å². The molecule has 34 heavy (non-hydrogen) atoms. The molecule has 0 radical (unpaired) electrons. The Balaban J connectivity index is 1.47. The molecule has 0 spiro atoms. The molecule has 168 valence electrons. The summed E-state index contributed by atoms with van der Waals surface area (Å²) in [6.07, 6.45) is 0. The van der Waals surface area contributed by atoms with E-state index in [9.17, 15) is 14.0 Å². The van der Waals surface area contributed by atoms with Crippen LogP contribution in [-0.4, -0.2) is 25.8 Å². The largest absolute Gasteiger partial charge is 0.325 e. The van der Waals surface area contributed by atoms with Crippen LogP contribution in [0.15, 0.2) is 89.0 Å². The molecule has 2 aromatic heterocycles. The Kier molecular flexibility index (Phi) is 5.97. The molecule has 6 nitrogen and oxygen atoms in total. The maximum absolute atomic E-state index is 13.5. The fourth-order valence-corrected chi connectivity index (χ4v) is 4.45. The second-order valence-electron chi connectivity index (χ2n) is 7.72. The molecule has 5 rings (SSSR count). The predicted octanol–water partition coefficient (Wildman–Crippen LogP) is 5.03. The Labute approximate surface area is 198 Å². The zero-order valence-electron chi connectivity index (χ0n) is 17.9. The number of carbonyl (C=O) groups excluding carboxylic acids is 1. The minimum Gasteiger partial charge on any atom is -0.325 e. The third-order valence-corrected chi connectivity index (χ3v) is 6.21. The van der Waals surface area contributed by atoms with Crippen molar-refractivity contribution in [2.45, 2.75) is 13.1 Å². The lowest BCUT2D eigenvalue weighted by Gasteiger charge is -2.21. The molecular weight excluding hydrogens is 451 g/mol. The quantitative estimate of drug-likeness (QED) is 0.378. The van der Waals surface area contributed by atoms with E-state index in [-0.39, 0.29) is 29.5 Å². The van der Waals surface area contributed by atoms with Crippen LogP contribution in [0.5, 0.6) is 0 Å². The summed E-state index contributed by atoms with van der Waals surface area (Å²) in [7, 11) is 0. The van der Waals surface area contributed by atoms with Crippen molar-refractivity contribution in [2.75, 3.05) is 0 Å². The number of halogens is 1. The zero-order valence-corrected chi connectivity index (χ0v) is 18.8. The van der Waals surface area contributed by atoms with Crippen molar-refractivity contribution in [1.82, 2.24) is 19.9 Å². The van der Waals surface area contributed by atoms with E-state index in [0.717, 1.165) is 11.1 Å². The topological polar surface area (TPSA) is 79.0 Å². The number of amides is 1. The van der Waals surface area contributed by atoms with E-state index in [1.807, 2.05) is 36.4 Å². The molecule has 0 saturated carbocycles. The highest BCUT2D eigenvalue weighted by molar-refractivity contribution is 7.13. The number of carbonyl (C=O) groups is 1. The Morgan fingerprint density at radius 2 is 1.65 bits per heavy atom. The van der Waals surface area contributed by atoms with Gasteiger partial charge in [0.2, 0.25) is 0 Å². The molecule has 0 bridgehead atoms. The van der Waals surface area contributed by atoms with Crippen LogP contribution in [0, 0.1) is 5.82 Å². The predicted molar refractivity (Wildman–Crippen MR) is 130 cm³/mol. The summed E-state index contributed by atoms with van der Waals surface area (Å²) in [5.41, 5.74) is 2.28. The molecule has 5 aromatic rings. The first-order chi connectivity index (χ1) is 16.6. The molecule has 0 fully saturated rings. The fraction of sp³-hybridized carbons (Fsp3) is 0.0769. The van der Waals surface area contributed by atoms with Gasteiger partial charge in [-0.3, -0.25) is 9.59 Å². The van der Waals surface area contributed by atoms with Crippen molar-refractivity contribution in [3.63, 3.8) is 0 Å². The first kappa shape index (κ1) is 21.7. The van der Waals surface area contributed by atoms with Gasteiger partial charge in [0.1, 0.15) is 22.3 Å². The van der Waals surface area contributed by atoms with E-state index in [1.165, 1.54) is 23.5 Å². The number of para-hydroxylation sites is 1. The molecule has 0 aliphatic heterocycles. The van der Waals surface area contributed by atoms with Gasteiger partial charge in [-0.2, -0.15) is 0 Å². The molecule has 3 aromatic carbocycles. The lowest BCUT2D eigenvalue weighted by atomic mass is 10.2. The number of H-pyrrole nitrogens is 1. The Hall–Kier alpha value is -4.17. The zero-order chi connectivity index (χ0) is 23.5. The molecule has 8 heteroatoms. The van der Waals surface area contributed by atoms with Crippen molar-refractivity contribution in [3.8, 4) is 10.6 Å². The number of aromatic amines is 1. The Morgan fingerprint density at radius 1 is 0.912 bits per heavy atom. The number of hydrogen-bond donors (Lipinski definition) is 1. The standard InChI is InChI=1S/C26H19FN4O2S/c27-19-12-10-18(11-13-19)25-29-22(16-34-25)26(33)31(14-17-6-2-1-3-7-17)15-23-28-21-9-5-4-8-20(21)24(32)30-23/h1-13,16H,14-15H2,(H,28,30,32). The van der Waals surface area contributed by atoms with Gasteiger partial charge in [-0.15, -0.1) is 11.3 Å². The van der Waals surface area contributed by atoms with Gasteiger partial charge < -0.3 is 9.88 Å². The lowest BCUT2D eigenvalue weighted by Crippen LogP contribution is -2.32. The summed E-state index contributed by atoms with van der Waals surface area (Å²) in [5.74, 6) is -0.228. The molecule has 0 atom stereocenters. The monoisotopic (exact) mass is 470 g/mol. The number of rotatable bonds is 6. The van der Waals surface area contributed by atoms with Crippen LogP contribution in [0.2, 0.25) is 0 Å². The highest BCUT2D eigenvalue weighted by Crippen LogP contribution is 2.25. The van der Waals surface area contributed by atoms with Crippen LogP contribution in [0.4, 0.5) is 4.39 Å². The number of hydrogen-bond acceptors (Lipinski definition) is 5. The molecular formula is C26H19FN4O2S. The van der Waals surface area contributed by atoms with E-state index in [0.29, 0.717) is 28.3 Å². The molecule has 0 unspecified atom stereocenters. The van der Waals surface area contributed by atoms with Gasteiger partial charge in [-0.25, -0.2) is 14.4 Å². The van der Waals surface area contributed by atoms with Crippen LogP contribution in [0.1, 0.15) is 21.9 Å². The maximum Gasteiger partial charge on any atom is 0.274 e. The van der Waals surface area contributed by atoms with Crippen LogP contribution in [0.3, 0.4) is 0 Å². The summed E-state index contributed by atoms with van der Waals surface area (Å²) in [5, 5.41) is 2.81. The van der Waals surface area contributed by atoms with Gasteiger partial charge in [-0.05, 0) is 42.0 Å². The van der Waals surface area contributed by atoms with Crippen LogP contribution in [-0.2, 0) is 13.1 Å². The van der Waals surface area contributed by atoms with Crippen molar-refractivity contribution in [1.29, 1.82) is 0 Å². The second-order valence-corrected chi connectivity index (χ2v) is 8.58. The van der Waals surface area contributed by atoms with Gasteiger partial charge in [-0.1, -0.05) is 42.5 Å². The highest BCUT2D eigenvalue weighted by Gasteiger charge is 2.21.